The summed E-state index contributed by atoms with van der Waals surface area (Å²) in [5.74, 6) is 0. The van der Waals surface area contributed by atoms with E-state index >= 15 is 0 Å². The number of carbonyl (C=O) groups excluding carboxylic acids is 1. The summed E-state index contributed by atoms with van der Waals surface area (Å²) in [5, 5.41) is -3.22. The highest BCUT2D eigenvalue weighted by Crippen LogP contribution is 2.61. The SMILES string of the molecule is O=CN(Cc1ccccn1)c1ccccc1.O=P(Cl)(Cl)Cl.[Cl-].c1ccc(-[n+]2cc3ccccn3c2)cc1. The Labute approximate surface area is 236 Å². The summed E-state index contributed by atoms with van der Waals surface area (Å²) in [4.78, 5) is 16.8. The zero-order chi connectivity index (χ0) is 25.8. The summed E-state index contributed by atoms with van der Waals surface area (Å²) in [7, 11) is 0. The van der Waals surface area contributed by atoms with Crippen molar-refractivity contribution in [3.8, 4) is 5.69 Å². The van der Waals surface area contributed by atoms with Gasteiger partial charge in [0.1, 0.15) is 11.9 Å². The number of rotatable bonds is 5. The topological polar surface area (TPSA) is 58.6 Å². The van der Waals surface area contributed by atoms with Crippen LogP contribution in [0.5, 0.6) is 0 Å². The molecule has 0 unspecified atom stereocenters. The van der Waals surface area contributed by atoms with E-state index in [4.69, 9.17) is 0 Å². The third-order valence-electron chi connectivity index (χ3n) is 4.77. The van der Waals surface area contributed by atoms with Crippen LogP contribution in [0.4, 0.5) is 5.69 Å². The molecule has 0 N–H and O–H groups in total. The van der Waals surface area contributed by atoms with Crippen molar-refractivity contribution in [2.24, 2.45) is 0 Å². The largest absolute Gasteiger partial charge is 1.00 e. The summed E-state index contributed by atoms with van der Waals surface area (Å²) in [5.41, 5.74) is 4.13. The molecule has 0 radical (unpaired) electrons. The molecule has 3 aromatic heterocycles. The molecule has 5 aromatic rings. The standard InChI is InChI=1S/C13H12N2O.C13H11N2.Cl3OP.ClH/c16-11-15(13-7-2-1-3-8-13)10-12-6-4-5-9-14-12;1-2-6-12(7-3-1)15-10-13-8-4-5-9-14(13)11-15;1-5(2,3)4;/h1-9,11H,10H2;1-11H;;1H/q;+1;;/p-1. The van der Waals surface area contributed by atoms with E-state index in [1.807, 2.05) is 78.9 Å². The summed E-state index contributed by atoms with van der Waals surface area (Å²) in [6, 6.07) is 31.7. The van der Waals surface area contributed by atoms with Gasteiger partial charge in [0.05, 0.1) is 18.4 Å². The highest BCUT2D eigenvalue weighted by Gasteiger charge is 2.07. The Bertz CT molecular complexity index is 1360. The molecule has 2 aromatic carbocycles. The second-order valence-corrected chi connectivity index (χ2v) is 13.9. The molecule has 0 aliphatic carbocycles. The number of aromatic nitrogens is 3. The van der Waals surface area contributed by atoms with Crippen LogP contribution >= 0.6 is 38.9 Å². The normalized spacial score (nSPS) is 10.1. The molecule has 0 bridgehead atoms. The van der Waals surface area contributed by atoms with Gasteiger partial charge in [-0.15, -0.1) is 0 Å². The van der Waals surface area contributed by atoms with Crippen molar-refractivity contribution >= 4 is 56.5 Å². The van der Waals surface area contributed by atoms with E-state index < -0.39 is 5.20 Å². The first kappa shape index (κ1) is 30.4. The minimum Gasteiger partial charge on any atom is -1.00 e. The number of halogens is 4. The molecule has 37 heavy (non-hydrogen) atoms. The lowest BCUT2D eigenvalue weighted by Gasteiger charge is -2.16. The summed E-state index contributed by atoms with van der Waals surface area (Å²) < 4.78 is 13.7. The second-order valence-electron chi connectivity index (χ2n) is 7.31. The molecular formula is C26H23Cl4N4O2P. The van der Waals surface area contributed by atoms with E-state index in [-0.39, 0.29) is 12.4 Å². The van der Waals surface area contributed by atoms with Gasteiger partial charge >= 0.3 is 5.20 Å². The molecule has 6 nitrogen and oxygen atoms in total. The van der Waals surface area contributed by atoms with Crippen molar-refractivity contribution < 1.29 is 26.3 Å². The molecule has 0 aliphatic heterocycles. The summed E-state index contributed by atoms with van der Waals surface area (Å²) >= 11 is 13.8. The number of benzene rings is 2. The fourth-order valence-electron chi connectivity index (χ4n) is 3.21. The molecule has 0 saturated carbocycles. The lowest BCUT2D eigenvalue weighted by atomic mass is 10.2. The Hall–Kier alpha value is -2.86. The van der Waals surface area contributed by atoms with Crippen molar-refractivity contribution in [2.45, 2.75) is 6.54 Å². The molecule has 3 heterocycles. The van der Waals surface area contributed by atoms with E-state index in [1.165, 1.54) is 11.2 Å². The van der Waals surface area contributed by atoms with Crippen molar-refractivity contribution in [2.75, 3.05) is 4.90 Å². The van der Waals surface area contributed by atoms with Gasteiger partial charge in [0, 0.05) is 11.9 Å². The predicted molar refractivity (Wildman–Crippen MR) is 147 cm³/mol. The van der Waals surface area contributed by atoms with Crippen LogP contribution in [0.2, 0.25) is 0 Å². The first-order chi connectivity index (χ1) is 17.3. The number of fused-ring (bicyclic) bond motifs is 1. The molecule has 0 saturated heterocycles. The lowest BCUT2D eigenvalue weighted by molar-refractivity contribution is -0.594. The number of para-hydroxylation sites is 2. The summed E-state index contributed by atoms with van der Waals surface area (Å²) in [6.45, 7) is 0.494. The fraction of sp³-hybridized carbons (Fsp3) is 0.0385. The Kier molecular flexibility index (Phi) is 12.6. The maximum atomic E-state index is 11.0. The minimum absolute atomic E-state index is 0. The zero-order valence-corrected chi connectivity index (χ0v) is 23.3. The Morgan fingerprint density at radius 1 is 0.865 bits per heavy atom. The van der Waals surface area contributed by atoms with Crippen LogP contribution in [0.1, 0.15) is 5.69 Å². The molecule has 0 fully saturated rings. The smallest absolute Gasteiger partial charge is 0.339 e. The average molecular weight is 596 g/mol. The van der Waals surface area contributed by atoms with E-state index in [1.54, 1.807) is 11.1 Å². The number of anilines is 1. The van der Waals surface area contributed by atoms with E-state index in [2.05, 4.69) is 84.6 Å². The van der Waals surface area contributed by atoms with Crippen LogP contribution in [-0.2, 0) is 15.9 Å². The first-order valence-electron chi connectivity index (χ1n) is 10.7. The van der Waals surface area contributed by atoms with E-state index in [9.17, 15) is 9.36 Å². The number of amides is 1. The quantitative estimate of drug-likeness (QED) is 0.173. The van der Waals surface area contributed by atoms with Gasteiger partial charge in [-0.05, 0) is 82.3 Å². The summed E-state index contributed by atoms with van der Waals surface area (Å²) in [6.07, 6.45) is 8.79. The maximum absolute atomic E-state index is 11.0. The average Bonchev–Trinajstić information content (AvgIpc) is 3.33. The molecule has 5 rings (SSSR count). The van der Waals surface area contributed by atoms with Crippen molar-refractivity contribution in [3.63, 3.8) is 0 Å². The second kappa shape index (κ2) is 15.4. The molecule has 192 valence electrons. The highest BCUT2D eigenvalue weighted by atomic mass is 36.0. The van der Waals surface area contributed by atoms with Crippen molar-refractivity contribution in [1.29, 1.82) is 0 Å². The van der Waals surface area contributed by atoms with Gasteiger partial charge < -0.3 is 17.3 Å². The number of carbonyl (C=O) groups is 1. The fourth-order valence-corrected chi connectivity index (χ4v) is 3.21. The molecular weight excluding hydrogens is 573 g/mol. The van der Waals surface area contributed by atoms with Gasteiger partial charge in [-0.1, -0.05) is 48.5 Å². The molecule has 1 amide bonds. The maximum Gasteiger partial charge on any atom is 0.339 e. The van der Waals surface area contributed by atoms with Crippen LogP contribution in [0.15, 0.2) is 122 Å². The Morgan fingerprint density at radius 3 is 2.03 bits per heavy atom. The third kappa shape index (κ3) is 11.0. The molecule has 0 spiro atoms. The van der Waals surface area contributed by atoms with Crippen LogP contribution in [0, 0.1) is 0 Å². The van der Waals surface area contributed by atoms with Crippen LogP contribution in [0.3, 0.4) is 0 Å². The first-order valence-corrected chi connectivity index (χ1v) is 15.1. The minimum atomic E-state index is -3.22. The lowest BCUT2D eigenvalue weighted by Crippen LogP contribution is -3.00. The van der Waals surface area contributed by atoms with E-state index in [0.29, 0.717) is 6.54 Å². The van der Waals surface area contributed by atoms with Gasteiger partial charge in [-0.3, -0.25) is 14.3 Å². The van der Waals surface area contributed by atoms with Gasteiger partial charge in [-0.2, -0.15) is 0 Å². The molecule has 11 heteroatoms. The van der Waals surface area contributed by atoms with Gasteiger partial charge in [-0.25, -0.2) is 8.97 Å². The number of hydrogen-bond acceptors (Lipinski definition) is 3. The highest BCUT2D eigenvalue weighted by molar-refractivity contribution is 8.24. The van der Waals surface area contributed by atoms with Crippen molar-refractivity contribution in [1.82, 2.24) is 9.38 Å². The number of pyridine rings is 2. The van der Waals surface area contributed by atoms with Crippen LogP contribution in [-0.4, -0.2) is 15.8 Å². The van der Waals surface area contributed by atoms with Crippen LogP contribution in [0.25, 0.3) is 11.2 Å². The molecule has 0 aliphatic rings. The van der Waals surface area contributed by atoms with E-state index in [0.717, 1.165) is 17.8 Å². The van der Waals surface area contributed by atoms with Crippen LogP contribution < -0.4 is 21.9 Å². The number of imidazole rings is 1. The zero-order valence-electron chi connectivity index (χ0n) is 19.4. The Balaban J connectivity index is 0.000000216. The molecule has 0 atom stereocenters. The van der Waals surface area contributed by atoms with Gasteiger partial charge in [0.25, 0.3) is 6.33 Å². The van der Waals surface area contributed by atoms with Gasteiger partial charge in [0.2, 0.25) is 6.41 Å². The van der Waals surface area contributed by atoms with Gasteiger partial charge in [0.15, 0.2) is 5.52 Å². The number of hydrogen-bond donors (Lipinski definition) is 0. The number of nitrogens with zero attached hydrogens (tertiary/aromatic N) is 4. The van der Waals surface area contributed by atoms with Crippen molar-refractivity contribution in [3.05, 3.63) is 128 Å². The predicted octanol–water partition coefficient (Wildman–Crippen LogP) is 4.28. The third-order valence-corrected chi connectivity index (χ3v) is 4.77. The Morgan fingerprint density at radius 2 is 1.46 bits per heavy atom. The monoisotopic (exact) mass is 594 g/mol.